The number of imidazole rings is 1. The van der Waals surface area contributed by atoms with E-state index in [1.165, 1.54) is 0 Å². The molecule has 0 radical (unpaired) electrons. The predicted molar refractivity (Wildman–Crippen MR) is 78.9 cm³/mol. The van der Waals surface area contributed by atoms with E-state index in [0.29, 0.717) is 0 Å². The lowest BCUT2D eigenvalue weighted by Crippen LogP contribution is -2.07. The fraction of sp³-hybridized carbons (Fsp3) is 0.250. The van der Waals surface area contributed by atoms with Crippen LogP contribution in [0.1, 0.15) is 6.42 Å². The number of nitrogens with zero attached hydrogens (tertiary/aromatic N) is 2. The Kier molecular flexibility index (Phi) is 4.24. The third-order valence-corrected chi connectivity index (χ3v) is 3.15. The highest BCUT2D eigenvalue weighted by atomic mass is 127. The van der Waals surface area contributed by atoms with Crippen LogP contribution in [0.15, 0.2) is 36.9 Å². The zero-order valence-electron chi connectivity index (χ0n) is 9.44. The number of nitrogens with two attached hydrogens (primary N) is 1. The molecule has 0 atom stereocenters. The molecule has 1 aromatic heterocycles. The van der Waals surface area contributed by atoms with Crippen LogP contribution in [0, 0.1) is 3.57 Å². The molecule has 0 amide bonds. The number of benzene rings is 1. The van der Waals surface area contributed by atoms with Crippen molar-refractivity contribution in [1.29, 1.82) is 0 Å². The summed E-state index contributed by atoms with van der Waals surface area (Å²) in [5, 5.41) is 3.34. The quantitative estimate of drug-likeness (QED) is 0.499. The molecule has 17 heavy (non-hydrogen) atoms. The van der Waals surface area contributed by atoms with Gasteiger partial charge in [-0.3, -0.25) is 0 Å². The van der Waals surface area contributed by atoms with Crippen molar-refractivity contribution in [2.75, 3.05) is 17.6 Å². The van der Waals surface area contributed by atoms with Crippen molar-refractivity contribution in [3.8, 4) is 0 Å². The first kappa shape index (κ1) is 12.2. The standard InChI is InChI=1S/C12H15IN4/c13-10-2-3-12(11(14)8-10)16-4-1-6-17-7-5-15-9-17/h2-3,5,7-9,16H,1,4,6,14H2. The van der Waals surface area contributed by atoms with Gasteiger partial charge in [0.1, 0.15) is 0 Å². The summed E-state index contributed by atoms with van der Waals surface area (Å²) in [5.41, 5.74) is 7.73. The molecule has 4 nitrogen and oxygen atoms in total. The predicted octanol–water partition coefficient (Wildman–Crippen LogP) is 2.57. The number of nitrogen functional groups attached to an aromatic ring is 1. The van der Waals surface area contributed by atoms with Crippen molar-refractivity contribution in [3.05, 3.63) is 40.5 Å². The molecule has 3 N–H and O–H groups in total. The summed E-state index contributed by atoms with van der Waals surface area (Å²) in [6.45, 7) is 1.88. The smallest absolute Gasteiger partial charge is 0.0945 e. The summed E-state index contributed by atoms with van der Waals surface area (Å²) >= 11 is 2.26. The topological polar surface area (TPSA) is 55.9 Å². The van der Waals surface area contributed by atoms with Gasteiger partial charge in [0.05, 0.1) is 17.7 Å². The van der Waals surface area contributed by atoms with Crippen LogP contribution >= 0.6 is 22.6 Å². The summed E-state index contributed by atoms with van der Waals surface area (Å²) in [5.74, 6) is 0. The van der Waals surface area contributed by atoms with Crippen molar-refractivity contribution in [2.24, 2.45) is 0 Å². The minimum absolute atomic E-state index is 0.805. The van der Waals surface area contributed by atoms with Gasteiger partial charge in [-0.15, -0.1) is 0 Å². The van der Waals surface area contributed by atoms with Crippen molar-refractivity contribution < 1.29 is 0 Å². The number of nitrogens with one attached hydrogen (secondary N) is 1. The molecule has 0 bridgehead atoms. The average molecular weight is 342 g/mol. The van der Waals surface area contributed by atoms with E-state index in [9.17, 15) is 0 Å². The van der Waals surface area contributed by atoms with Crippen molar-refractivity contribution in [1.82, 2.24) is 9.55 Å². The molecule has 0 saturated carbocycles. The van der Waals surface area contributed by atoms with E-state index in [0.717, 1.165) is 34.5 Å². The van der Waals surface area contributed by atoms with E-state index in [1.807, 2.05) is 24.7 Å². The van der Waals surface area contributed by atoms with Crippen LogP contribution in [0.3, 0.4) is 0 Å². The maximum absolute atomic E-state index is 5.92. The van der Waals surface area contributed by atoms with Crippen LogP contribution in [0.2, 0.25) is 0 Å². The molecule has 1 heterocycles. The molecule has 2 aromatic rings. The Hall–Kier alpha value is -1.24. The summed E-state index contributed by atoms with van der Waals surface area (Å²) in [6.07, 6.45) is 6.64. The van der Waals surface area contributed by atoms with Gasteiger partial charge in [-0.25, -0.2) is 4.98 Å². The van der Waals surface area contributed by atoms with E-state index in [1.54, 1.807) is 6.20 Å². The SMILES string of the molecule is Nc1cc(I)ccc1NCCCn1ccnc1. The maximum atomic E-state index is 5.92. The number of anilines is 2. The van der Waals surface area contributed by atoms with Gasteiger partial charge in [0.15, 0.2) is 0 Å². The Labute approximate surface area is 114 Å². The molecule has 5 heteroatoms. The molecule has 0 unspecified atom stereocenters. The third-order valence-electron chi connectivity index (χ3n) is 2.48. The van der Waals surface area contributed by atoms with Gasteiger partial charge in [0.2, 0.25) is 0 Å². The second-order valence-electron chi connectivity index (χ2n) is 3.81. The molecule has 0 aliphatic carbocycles. The summed E-state index contributed by atoms with van der Waals surface area (Å²) in [4.78, 5) is 4.00. The van der Waals surface area contributed by atoms with Gasteiger partial charge >= 0.3 is 0 Å². The maximum Gasteiger partial charge on any atom is 0.0945 e. The van der Waals surface area contributed by atoms with Crippen LogP contribution in [0.4, 0.5) is 11.4 Å². The Morgan fingerprint density at radius 3 is 3.00 bits per heavy atom. The highest BCUT2D eigenvalue weighted by Crippen LogP contribution is 2.20. The number of hydrogen-bond acceptors (Lipinski definition) is 3. The first-order valence-corrected chi connectivity index (χ1v) is 6.58. The third kappa shape index (κ3) is 3.62. The van der Waals surface area contributed by atoms with E-state index in [4.69, 9.17) is 5.73 Å². The fourth-order valence-corrected chi connectivity index (χ4v) is 2.11. The average Bonchev–Trinajstić information content (AvgIpc) is 2.79. The Morgan fingerprint density at radius 2 is 2.29 bits per heavy atom. The zero-order chi connectivity index (χ0) is 12.1. The Morgan fingerprint density at radius 1 is 1.41 bits per heavy atom. The highest BCUT2D eigenvalue weighted by Gasteiger charge is 1.98. The lowest BCUT2D eigenvalue weighted by molar-refractivity contribution is 0.661. The summed E-state index contributed by atoms with van der Waals surface area (Å²) < 4.78 is 3.22. The Balaban J connectivity index is 1.78. The largest absolute Gasteiger partial charge is 0.397 e. The van der Waals surface area contributed by atoms with Crippen LogP contribution in [-0.2, 0) is 6.54 Å². The summed E-state index contributed by atoms with van der Waals surface area (Å²) in [7, 11) is 0. The molecule has 0 fully saturated rings. The first-order chi connectivity index (χ1) is 8.25. The zero-order valence-corrected chi connectivity index (χ0v) is 11.6. The molecule has 0 aliphatic rings. The molecule has 90 valence electrons. The number of hydrogen-bond donors (Lipinski definition) is 2. The second kappa shape index (κ2) is 5.90. The van der Waals surface area contributed by atoms with Gasteiger partial charge in [-0.05, 0) is 47.2 Å². The van der Waals surface area contributed by atoms with Crippen LogP contribution in [-0.4, -0.2) is 16.1 Å². The van der Waals surface area contributed by atoms with Crippen molar-refractivity contribution in [2.45, 2.75) is 13.0 Å². The number of rotatable bonds is 5. The lowest BCUT2D eigenvalue weighted by Gasteiger charge is -2.09. The normalized spacial score (nSPS) is 10.4. The van der Waals surface area contributed by atoms with E-state index >= 15 is 0 Å². The van der Waals surface area contributed by atoms with Gasteiger partial charge in [0, 0.05) is 29.1 Å². The minimum Gasteiger partial charge on any atom is -0.397 e. The molecule has 0 spiro atoms. The Bertz CT molecular complexity index is 467. The van der Waals surface area contributed by atoms with Crippen LogP contribution in [0.5, 0.6) is 0 Å². The van der Waals surface area contributed by atoms with Gasteiger partial charge in [-0.1, -0.05) is 0 Å². The van der Waals surface area contributed by atoms with Gasteiger partial charge in [0.25, 0.3) is 0 Å². The van der Waals surface area contributed by atoms with E-state index in [2.05, 4.69) is 43.5 Å². The van der Waals surface area contributed by atoms with Crippen molar-refractivity contribution >= 4 is 34.0 Å². The first-order valence-electron chi connectivity index (χ1n) is 5.50. The van der Waals surface area contributed by atoms with Crippen LogP contribution < -0.4 is 11.1 Å². The van der Waals surface area contributed by atoms with Crippen molar-refractivity contribution in [3.63, 3.8) is 0 Å². The van der Waals surface area contributed by atoms with Crippen LogP contribution in [0.25, 0.3) is 0 Å². The fourth-order valence-electron chi connectivity index (χ4n) is 1.60. The van der Waals surface area contributed by atoms with E-state index in [-0.39, 0.29) is 0 Å². The molecular weight excluding hydrogens is 327 g/mol. The second-order valence-corrected chi connectivity index (χ2v) is 5.06. The number of halogens is 1. The minimum atomic E-state index is 0.805. The monoisotopic (exact) mass is 342 g/mol. The molecule has 2 rings (SSSR count). The highest BCUT2D eigenvalue weighted by molar-refractivity contribution is 14.1. The van der Waals surface area contributed by atoms with Gasteiger partial charge < -0.3 is 15.6 Å². The number of aryl methyl sites for hydroxylation is 1. The van der Waals surface area contributed by atoms with Gasteiger partial charge in [-0.2, -0.15) is 0 Å². The molecule has 1 aromatic carbocycles. The number of aromatic nitrogens is 2. The van der Waals surface area contributed by atoms with E-state index < -0.39 is 0 Å². The lowest BCUT2D eigenvalue weighted by atomic mass is 10.2. The molecule has 0 aliphatic heterocycles. The molecular formula is C12H15IN4. The molecule has 0 saturated heterocycles. The summed E-state index contributed by atoms with van der Waals surface area (Å²) in [6, 6.07) is 6.04.